The zero-order valence-corrected chi connectivity index (χ0v) is 17.7. The lowest BCUT2D eigenvalue weighted by Gasteiger charge is -2.40. The largest absolute Gasteiger partial charge is 0.444 e. The molecule has 1 aliphatic heterocycles. The highest BCUT2D eigenvalue weighted by Crippen LogP contribution is 2.21. The number of hydrogen-bond acceptors (Lipinski definition) is 6. The molecule has 8 heteroatoms. The van der Waals surface area contributed by atoms with Crippen LogP contribution in [0.25, 0.3) is 11.4 Å². The summed E-state index contributed by atoms with van der Waals surface area (Å²) < 4.78 is 5.50. The van der Waals surface area contributed by atoms with Gasteiger partial charge in [-0.25, -0.2) is 14.8 Å². The van der Waals surface area contributed by atoms with Crippen LogP contribution in [0.3, 0.4) is 0 Å². The maximum Gasteiger partial charge on any atom is 0.410 e. The van der Waals surface area contributed by atoms with Crippen LogP contribution in [-0.2, 0) is 11.2 Å². The average molecular weight is 399 g/mol. The van der Waals surface area contributed by atoms with E-state index in [0.29, 0.717) is 31.9 Å². The first-order valence-electron chi connectivity index (χ1n) is 9.97. The van der Waals surface area contributed by atoms with E-state index in [2.05, 4.69) is 19.9 Å². The van der Waals surface area contributed by atoms with Crippen LogP contribution in [0.5, 0.6) is 0 Å². The van der Waals surface area contributed by atoms with Crippen LogP contribution in [0.1, 0.15) is 40.3 Å². The molecule has 8 nitrogen and oxygen atoms in total. The van der Waals surface area contributed by atoms with E-state index in [0.717, 1.165) is 17.1 Å². The number of carbonyl (C=O) groups is 1. The summed E-state index contributed by atoms with van der Waals surface area (Å²) in [5, 5.41) is 0. The Kier molecular flexibility index (Phi) is 5.91. The van der Waals surface area contributed by atoms with Gasteiger partial charge in [-0.05, 0) is 46.2 Å². The van der Waals surface area contributed by atoms with Crippen molar-refractivity contribution in [3.05, 3.63) is 40.4 Å². The van der Waals surface area contributed by atoms with Crippen molar-refractivity contribution in [3.63, 3.8) is 0 Å². The number of aromatic nitrogens is 3. The molecule has 1 atom stereocenters. The molecule has 0 radical (unpaired) electrons. The van der Waals surface area contributed by atoms with E-state index >= 15 is 0 Å². The fourth-order valence-corrected chi connectivity index (χ4v) is 3.30. The zero-order chi connectivity index (χ0) is 21.2. The van der Waals surface area contributed by atoms with Crippen LogP contribution in [0.2, 0.25) is 0 Å². The van der Waals surface area contributed by atoms with Crippen molar-refractivity contribution in [3.8, 4) is 11.4 Å². The molecule has 0 saturated carbocycles. The van der Waals surface area contributed by atoms with E-state index in [-0.39, 0.29) is 17.7 Å². The van der Waals surface area contributed by atoms with Gasteiger partial charge in [0.2, 0.25) is 0 Å². The van der Waals surface area contributed by atoms with Crippen molar-refractivity contribution in [2.75, 3.05) is 24.5 Å². The molecule has 2 aromatic heterocycles. The van der Waals surface area contributed by atoms with Crippen LogP contribution in [0.15, 0.2) is 29.2 Å². The minimum absolute atomic E-state index is 0.0133. The minimum atomic E-state index is -0.505. The van der Waals surface area contributed by atoms with Gasteiger partial charge >= 0.3 is 6.09 Å². The lowest BCUT2D eigenvalue weighted by molar-refractivity contribution is 0.0158. The van der Waals surface area contributed by atoms with Gasteiger partial charge in [0.1, 0.15) is 17.2 Å². The van der Waals surface area contributed by atoms with Crippen molar-refractivity contribution in [2.45, 2.75) is 52.7 Å². The number of H-pyrrole nitrogens is 1. The molecule has 0 bridgehead atoms. The number of aromatic amines is 1. The Balaban J connectivity index is 1.69. The van der Waals surface area contributed by atoms with Crippen LogP contribution in [-0.4, -0.2) is 57.2 Å². The summed E-state index contributed by atoms with van der Waals surface area (Å²) in [5.74, 6) is 1.36. The number of nitrogens with one attached hydrogen (secondary N) is 1. The van der Waals surface area contributed by atoms with Crippen molar-refractivity contribution >= 4 is 11.9 Å². The monoisotopic (exact) mass is 399 g/mol. The third kappa shape index (κ3) is 5.13. The summed E-state index contributed by atoms with van der Waals surface area (Å²) in [6.45, 7) is 11.5. The predicted octanol–water partition coefficient (Wildman–Crippen LogP) is 2.84. The highest BCUT2D eigenvalue weighted by molar-refractivity contribution is 5.69. The summed E-state index contributed by atoms with van der Waals surface area (Å²) in [5.41, 5.74) is 0.847. The van der Waals surface area contributed by atoms with E-state index in [9.17, 15) is 9.59 Å². The Hall–Kier alpha value is -2.90. The second kappa shape index (κ2) is 8.23. The van der Waals surface area contributed by atoms with Gasteiger partial charge in [0, 0.05) is 49.2 Å². The number of pyridine rings is 1. The van der Waals surface area contributed by atoms with Crippen LogP contribution >= 0.6 is 0 Å². The van der Waals surface area contributed by atoms with Gasteiger partial charge in [0.05, 0.1) is 0 Å². The SMILES string of the molecule is CCc1cc(=O)[nH]c(-c2ccc(N3CCN(C(=O)OC(C)(C)C)[C@H](C)C3)nc2)n1. The molecule has 1 saturated heterocycles. The van der Waals surface area contributed by atoms with Crippen LogP contribution in [0.4, 0.5) is 10.6 Å². The first-order chi connectivity index (χ1) is 13.7. The zero-order valence-electron chi connectivity index (χ0n) is 17.7. The van der Waals surface area contributed by atoms with Gasteiger partial charge in [0.15, 0.2) is 0 Å². The maximum absolute atomic E-state index is 12.4. The van der Waals surface area contributed by atoms with Crippen LogP contribution < -0.4 is 10.5 Å². The molecule has 2 aromatic rings. The van der Waals surface area contributed by atoms with Crippen molar-refractivity contribution in [1.29, 1.82) is 0 Å². The number of amides is 1. The molecule has 0 spiro atoms. The molecule has 156 valence electrons. The van der Waals surface area contributed by atoms with E-state index in [1.165, 1.54) is 6.07 Å². The number of carbonyl (C=O) groups excluding carboxylic acids is 1. The summed E-state index contributed by atoms with van der Waals surface area (Å²) in [6, 6.07) is 5.35. The molecule has 3 rings (SSSR count). The predicted molar refractivity (Wildman–Crippen MR) is 112 cm³/mol. The number of nitrogens with zero attached hydrogens (tertiary/aromatic N) is 4. The number of ether oxygens (including phenoxy) is 1. The highest BCUT2D eigenvalue weighted by atomic mass is 16.6. The van der Waals surface area contributed by atoms with Crippen LogP contribution in [0, 0.1) is 0 Å². The Labute approximate surface area is 170 Å². The third-order valence-corrected chi connectivity index (χ3v) is 4.76. The van der Waals surface area contributed by atoms with Gasteiger partial charge in [-0.3, -0.25) is 4.79 Å². The normalized spacial score (nSPS) is 17.3. The molecule has 1 aliphatic rings. The van der Waals surface area contributed by atoms with Crippen molar-refractivity contribution < 1.29 is 9.53 Å². The van der Waals surface area contributed by atoms with Gasteiger partial charge in [-0.1, -0.05) is 6.92 Å². The van der Waals surface area contributed by atoms with Crippen molar-refractivity contribution in [1.82, 2.24) is 19.9 Å². The van der Waals surface area contributed by atoms with Gasteiger partial charge in [0.25, 0.3) is 5.56 Å². The number of rotatable bonds is 3. The average Bonchev–Trinajstić information content (AvgIpc) is 2.66. The number of anilines is 1. The molecule has 1 N–H and O–H groups in total. The van der Waals surface area contributed by atoms with Crippen molar-refractivity contribution in [2.24, 2.45) is 0 Å². The molecule has 0 unspecified atom stereocenters. The Morgan fingerprint density at radius 3 is 2.66 bits per heavy atom. The lowest BCUT2D eigenvalue weighted by Crippen LogP contribution is -2.55. The first kappa shape index (κ1) is 20.8. The fraction of sp³-hybridized carbons (Fsp3) is 0.524. The lowest BCUT2D eigenvalue weighted by atomic mass is 10.2. The Morgan fingerprint density at radius 2 is 2.07 bits per heavy atom. The van der Waals surface area contributed by atoms with E-state index in [1.54, 1.807) is 11.1 Å². The Morgan fingerprint density at radius 1 is 1.31 bits per heavy atom. The Bertz CT molecular complexity index is 917. The topological polar surface area (TPSA) is 91.4 Å². The molecule has 1 fully saturated rings. The third-order valence-electron chi connectivity index (χ3n) is 4.76. The highest BCUT2D eigenvalue weighted by Gasteiger charge is 2.31. The molecule has 0 aliphatic carbocycles. The molecule has 1 amide bonds. The maximum atomic E-state index is 12.4. The van der Waals surface area contributed by atoms with E-state index < -0.39 is 5.60 Å². The van der Waals surface area contributed by atoms with Gasteiger partial charge in [-0.2, -0.15) is 0 Å². The second-order valence-electron chi connectivity index (χ2n) is 8.31. The summed E-state index contributed by atoms with van der Waals surface area (Å²) in [7, 11) is 0. The number of piperazine rings is 1. The quantitative estimate of drug-likeness (QED) is 0.853. The molecular formula is C21H29N5O3. The van der Waals surface area contributed by atoms with Gasteiger partial charge < -0.3 is 19.5 Å². The summed E-state index contributed by atoms with van der Waals surface area (Å²) in [6.07, 6.45) is 2.14. The molecule has 0 aromatic carbocycles. The summed E-state index contributed by atoms with van der Waals surface area (Å²) in [4.78, 5) is 39.9. The molecule has 3 heterocycles. The second-order valence-corrected chi connectivity index (χ2v) is 8.31. The standard InChI is InChI=1S/C21H29N5O3/c1-6-16-11-18(27)24-19(23-16)15-7-8-17(22-12-15)25-9-10-26(14(2)13-25)20(28)29-21(3,4)5/h7-8,11-12,14H,6,9-10,13H2,1-5H3,(H,23,24,27)/t14-/m1/s1. The molecule has 29 heavy (non-hydrogen) atoms. The fourth-order valence-electron chi connectivity index (χ4n) is 3.30. The van der Waals surface area contributed by atoms with E-state index in [4.69, 9.17) is 4.74 Å². The van der Waals surface area contributed by atoms with Gasteiger partial charge in [-0.15, -0.1) is 0 Å². The first-order valence-corrected chi connectivity index (χ1v) is 9.97. The van der Waals surface area contributed by atoms with E-state index in [1.807, 2.05) is 46.8 Å². The number of aryl methyl sites for hydroxylation is 1. The smallest absolute Gasteiger partial charge is 0.410 e. The number of hydrogen-bond donors (Lipinski definition) is 1. The molecular weight excluding hydrogens is 370 g/mol. The summed E-state index contributed by atoms with van der Waals surface area (Å²) >= 11 is 0. The minimum Gasteiger partial charge on any atom is -0.444 e.